The fraction of sp³-hybridized carbons (Fsp3) is 0.118. The minimum absolute atomic E-state index is 0.220. The van der Waals surface area contributed by atoms with Crippen LogP contribution in [0, 0.1) is 0 Å². The summed E-state index contributed by atoms with van der Waals surface area (Å²) in [6.45, 7) is 0. The van der Waals surface area contributed by atoms with E-state index in [0.717, 1.165) is 22.7 Å². The van der Waals surface area contributed by atoms with Crippen LogP contribution in [0.4, 0.5) is 0 Å². The van der Waals surface area contributed by atoms with Crippen LogP contribution in [0.1, 0.15) is 10.5 Å². The zero-order valence-electron chi connectivity index (χ0n) is 14.0. The van der Waals surface area contributed by atoms with Crippen LogP contribution in [0.5, 0.6) is 0 Å². The number of nitrogens with one attached hydrogen (secondary N) is 2. The van der Waals surface area contributed by atoms with Gasteiger partial charge in [0.25, 0.3) is 5.91 Å². The highest BCUT2D eigenvalue weighted by Crippen LogP contribution is 2.29. The molecular weight excluding hydrogens is 354 g/mol. The fourth-order valence-electron chi connectivity index (χ4n) is 2.93. The van der Waals surface area contributed by atoms with Gasteiger partial charge in [-0.15, -0.1) is 0 Å². The van der Waals surface area contributed by atoms with E-state index in [0.29, 0.717) is 11.1 Å². The maximum atomic E-state index is 12.2. The SMILES string of the molecule is CNC(=O)c1nn(-c2ccc(S(C)(=O)=O)cc2)c2c1ccc1[nH]ncc12. The highest BCUT2D eigenvalue weighted by atomic mass is 32.2. The smallest absolute Gasteiger partial charge is 0.272 e. The van der Waals surface area contributed by atoms with Gasteiger partial charge in [0.1, 0.15) is 0 Å². The summed E-state index contributed by atoms with van der Waals surface area (Å²) in [5, 5.41) is 15.5. The van der Waals surface area contributed by atoms with E-state index in [2.05, 4.69) is 20.6 Å². The maximum absolute atomic E-state index is 12.2. The highest BCUT2D eigenvalue weighted by Gasteiger charge is 2.20. The number of H-pyrrole nitrogens is 1. The molecule has 4 aromatic rings. The van der Waals surface area contributed by atoms with Crippen molar-refractivity contribution in [3.05, 3.63) is 48.3 Å². The second-order valence-electron chi connectivity index (χ2n) is 5.90. The Morgan fingerprint density at radius 1 is 1.12 bits per heavy atom. The normalized spacial score (nSPS) is 11.9. The minimum Gasteiger partial charge on any atom is -0.354 e. The molecule has 132 valence electrons. The summed E-state index contributed by atoms with van der Waals surface area (Å²) < 4.78 is 25.0. The van der Waals surface area contributed by atoms with Gasteiger partial charge in [0, 0.05) is 24.1 Å². The van der Waals surface area contributed by atoms with Crippen molar-refractivity contribution in [3.63, 3.8) is 0 Å². The molecule has 9 heteroatoms. The Hall–Kier alpha value is -3.20. The highest BCUT2D eigenvalue weighted by molar-refractivity contribution is 7.90. The molecule has 0 atom stereocenters. The molecule has 0 saturated carbocycles. The molecule has 1 amide bonds. The molecule has 0 aliphatic rings. The van der Waals surface area contributed by atoms with Gasteiger partial charge in [-0.1, -0.05) is 0 Å². The van der Waals surface area contributed by atoms with Crippen LogP contribution >= 0.6 is 0 Å². The standard InChI is InChI=1S/C17H15N5O3S/c1-18-17(23)15-12-7-8-14-13(9-19-20-14)16(12)22(21-15)10-3-5-11(6-4-10)26(2,24)25/h3-9H,1-2H3,(H,18,23)(H,19,20). The Morgan fingerprint density at radius 3 is 2.50 bits per heavy atom. The average Bonchev–Trinajstić information content (AvgIpc) is 3.24. The first-order valence-corrected chi connectivity index (χ1v) is 9.66. The van der Waals surface area contributed by atoms with Crippen LogP contribution in [0.15, 0.2) is 47.5 Å². The van der Waals surface area contributed by atoms with Gasteiger partial charge in [-0.25, -0.2) is 13.1 Å². The van der Waals surface area contributed by atoms with Crippen LogP contribution in [0.3, 0.4) is 0 Å². The lowest BCUT2D eigenvalue weighted by atomic mass is 10.1. The number of rotatable bonds is 3. The van der Waals surface area contributed by atoms with Crippen molar-refractivity contribution in [1.29, 1.82) is 0 Å². The van der Waals surface area contributed by atoms with Crippen LogP contribution in [-0.4, -0.2) is 47.6 Å². The van der Waals surface area contributed by atoms with Crippen molar-refractivity contribution < 1.29 is 13.2 Å². The molecule has 0 saturated heterocycles. The quantitative estimate of drug-likeness (QED) is 0.571. The Balaban J connectivity index is 2.02. The number of amides is 1. The third-order valence-electron chi connectivity index (χ3n) is 4.21. The van der Waals surface area contributed by atoms with Gasteiger partial charge >= 0.3 is 0 Å². The molecule has 0 spiro atoms. The summed E-state index contributed by atoms with van der Waals surface area (Å²) in [7, 11) is -1.74. The van der Waals surface area contributed by atoms with E-state index in [9.17, 15) is 13.2 Å². The monoisotopic (exact) mass is 369 g/mol. The minimum atomic E-state index is -3.29. The molecule has 0 aliphatic heterocycles. The van der Waals surface area contributed by atoms with Crippen molar-refractivity contribution in [1.82, 2.24) is 25.3 Å². The van der Waals surface area contributed by atoms with E-state index in [-0.39, 0.29) is 16.5 Å². The Kier molecular flexibility index (Phi) is 3.55. The molecule has 4 rings (SSSR count). The van der Waals surface area contributed by atoms with E-state index in [1.54, 1.807) is 30.1 Å². The van der Waals surface area contributed by atoms with Crippen molar-refractivity contribution >= 4 is 37.6 Å². The molecule has 2 heterocycles. The summed E-state index contributed by atoms with van der Waals surface area (Å²) in [6, 6.07) is 10.0. The number of carbonyl (C=O) groups is 1. The molecule has 0 aliphatic carbocycles. The van der Waals surface area contributed by atoms with Gasteiger partial charge < -0.3 is 5.32 Å². The molecule has 2 aromatic heterocycles. The Bertz CT molecular complexity index is 1250. The summed E-state index contributed by atoms with van der Waals surface area (Å²) in [5.74, 6) is -0.302. The second kappa shape index (κ2) is 5.67. The van der Waals surface area contributed by atoms with E-state index in [1.165, 1.54) is 12.1 Å². The van der Waals surface area contributed by atoms with Crippen molar-refractivity contribution in [2.24, 2.45) is 0 Å². The second-order valence-corrected chi connectivity index (χ2v) is 7.91. The summed E-state index contributed by atoms with van der Waals surface area (Å²) in [4.78, 5) is 12.5. The lowest BCUT2D eigenvalue weighted by molar-refractivity contribution is 0.0959. The van der Waals surface area contributed by atoms with E-state index in [1.807, 2.05) is 12.1 Å². The van der Waals surface area contributed by atoms with Gasteiger partial charge in [-0.05, 0) is 36.4 Å². The first-order chi connectivity index (χ1) is 12.4. The van der Waals surface area contributed by atoms with Gasteiger partial charge in [0.15, 0.2) is 15.5 Å². The summed E-state index contributed by atoms with van der Waals surface area (Å²) in [5.41, 5.74) is 2.47. The number of aromatic nitrogens is 4. The third-order valence-corrected chi connectivity index (χ3v) is 5.34. The Labute approximate surface area is 148 Å². The van der Waals surface area contributed by atoms with Crippen molar-refractivity contribution in [3.8, 4) is 5.69 Å². The number of sulfone groups is 1. The molecule has 0 radical (unpaired) electrons. The number of hydrogen-bond acceptors (Lipinski definition) is 5. The summed E-state index contributed by atoms with van der Waals surface area (Å²) in [6.07, 6.45) is 2.83. The average molecular weight is 369 g/mol. The first-order valence-electron chi connectivity index (χ1n) is 7.77. The maximum Gasteiger partial charge on any atom is 0.272 e. The van der Waals surface area contributed by atoms with E-state index in [4.69, 9.17) is 0 Å². The van der Waals surface area contributed by atoms with E-state index < -0.39 is 9.84 Å². The van der Waals surface area contributed by atoms with Crippen LogP contribution in [0.2, 0.25) is 0 Å². The number of fused-ring (bicyclic) bond motifs is 3. The van der Waals surface area contributed by atoms with E-state index >= 15 is 0 Å². The van der Waals surface area contributed by atoms with Gasteiger partial charge in [0.05, 0.1) is 27.8 Å². The molecule has 8 nitrogen and oxygen atoms in total. The van der Waals surface area contributed by atoms with Gasteiger partial charge in [-0.2, -0.15) is 10.2 Å². The number of aromatic amines is 1. The molecule has 2 aromatic carbocycles. The molecule has 0 unspecified atom stereocenters. The van der Waals surface area contributed by atoms with Crippen LogP contribution < -0.4 is 5.32 Å². The molecule has 0 bridgehead atoms. The Morgan fingerprint density at radius 2 is 1.85 bits per heavy atom. The first kappa shape index (κ1) is 16.3. The zero-order valence-corrected chi connectivity index (χ0v) is 14.8. The number of carbonyl (C=O) groups excluding carboxylic acids is 1. The molecule has 2 N–H and O–H groups in total. The predicted octanol–water partition coefficient (Wildman–Crippen LogP) is 1.66. The largest absolute Gasteiger partial charge is 0.354 e. The molecule has 26 heavy (non-hydrogen) atoms. The zero-order chi connectivity index (χ0) is 18.5. The number of hydrogen-bond donors (Lipinski definition) is 2. The fourth-order valence-corrected chi connectivity index (χ4v) is 3.56. The topological polar surface area (TPSA) is 110 Å². The third kappa shape index (κ3) is 2.44. The van der Waals surface area contributed by atoms with Gasteiger partial charge in [0.2, 0.25) is 0 Å². The molecule has 0 fully saturated rings. The number of benzene rings is 2. The predicted molar refractivity (Wildman–Crippen MR) is 97.2 cm³/mol. The number of nitrogens with zero attached hydrogens (tertiary/aromatic N) is 3. The van der Waals surface area contributed by atoms with Crippen molar-refractivity contribution in [2.45, 2.75) is 4.90 Å². The lowest BCUT2D eigenvalue weighted by Crippen LogP contribution is -2.18. The lowest BCUT2D eigenvalue weighted by Gasteiger charge is -2.05. The van der Waals surface area contributed by atoms with Crippen LogP contribution in [-0.2, 0) is 9.84 Å². The van der Waals surface area contributed by atoms with Crippen molar-refractivity contribution in [2.75, 3.05) is 13.3 Å². The van der Waals surface area contributed by atoms with Crippen LogP contribution in [0.25, 0.3) is 27.5 Å². The summed E-state index contributed by atoms with van der Waals surface area (Å²) >= 11 is 0. The van der Waals surface area contributed by atoms with Gasteiger partial charge in [-0.3, -0.25) is 9.89 Å². The molecular formula is C17H15N5O3S.